The average Bonchev–Trinajstić information content (AvgIpc) is 3.36. The van der Waals surface area contributed by atoms with Gasteiger partial charge in [0.2, 0.25) is 11.8 Å². The molecule has 1 aliphatic rings. The maximum Gasteiger partial charge on any atom is 0.303 e. The van der Waals surface area contributed by atoms with E-state index in [0.29, 0.717) is 22.3 Å². The third-order valence-electron chi connectivity index (χ3n) is 6.37. The minimum absolute atomic E-state index is 0.0460. The number of nitrogens with zero attached hydrogens (tertiary/aromatic N) is 2. The van der Waals surface area contributed by atoms with Crippen molar-refractivity contribution in [2.24, 2.45) is 5.73 Å². The van der Waals surface area contributed by atoms with Crippen LogP contribution in [0.5, 0.6) is 0 Å². The van der Waals surface area contributed by atoms with Crippen LogP contribution in [0.2, 0.25) is 10.0 Å². The molecular formula is C26H32Cl2N4O4. The first-order chi connectivity index (χ1) is 17.1. The Morgan fingerprint density at radius 1 is 1.11 bits per heavy atom. The van der Waals surface area contributed by atoms with Crippen LogP contribution in [-0.4, -0.2) is 65.4 Å². The van der Waals surface area contributed by atoms with E-state index in [1.54, 1.807) is 36.2 Å². The van der Waals surface area contributed by atoms with Crippen molar-refractivity contribution in [1.29, 1.82) is 0 Å². The fourth-order valence-corrected chi connectivity index (χ4v) is 4.57. The number of rotatable bonds is 11. The van der Waals surface area contributed by atoms with Crippen molar-refractivity contribution in [3.63, 3.8) is 0 Å². The first-order valence-electron chi connectivity index (χ1n) is 11.9. The molecule has 36 heavy (non-hydrogen) atoms. The van der Waals surface area contributed by atoms with Gasteiger partial charge in [0.25, 0.3) is 0 Å². The summed E-state index contributed by atoms with van der Waals surface area (Å²) in [5.41, 5.74) is 8.04. The topological polar surface area (TPSA) is 116 Å². The number of carboxylic acids is 1. The fourth-order valence-electron chi connectivity index (χ4n) is 4.25. The molecule has 0 saturated carbocycles. The number of nitrogens with two attached hydrogens (primary N) is 1. The number of likely N-dealkylation sites (tertiary alicyclic amines) is 1. The smallest absolute Gasteiger partial charge is 0.303 e. The highest BCUT2D eigenvalue weighted by molar-refractivity contribution is 6.42. The van der Waals surface area contributed by atoms with Crippen molar-refractivity contribution >= 4 is 46.7 Å². The van der Waals surface area contributed by atoms with E-state index in [-0.39, 0.29) is 31.2 Å². The quantitative estimate of drug-likeness (QED) is 0.401. The fraction of sp³-hybridized carbons (Fsp3) is 0.423. The van der Waals surface area contributed by atoms with Crippen LogP contribution in [0.1, 0.15) is 42.9 Å². The number of carbonyl (C=O) groups excluding carboxylic acids is 2. The van der Waals surface area contributed by atoms with Crippen LogP contribution >= 0.6 is 23.2 Å². The van der Waals surface area contributed by atoms with E-state index in [1.807, 2.05) is 18.2 Å². The maximum atomic E-state index is 13.3. The van der Waals surface area contributed by atoms with E-state index in [1.165, 1.54) is 0 Å². The summed E-state index contributed by atoms with van der Waals surface area (Å²) in [4.78, 5) is 40.6. The average molecular weight is 535 g/mol. The molecule has 4 N–H and O–H groups in total. The number of nitrogens with one attached hydrogen (secondary N) is 1. The molecule has 2 unspecified atom stereocenters. The Bertz CT molecular complexity index is 1090. The standard InChI is InChI=1S/C26H32Cl2N4O4/c1-31(24(33)14-17-7-8-20(27)21(28)13-17)23(16-32-11-2-3-12-32)18-5-4-6-19(15-18)30-26(36)22(29)9-10-25(34)35/h4-8,13,15,22-23H,2-3,9-12,14,16,29H2,1H3,(H,30,36)(H,34,35). The molecule has 0 aliphatic carbocycles. The van der Waals surface area contributed by atoms with Gasteiger partial charge < -0.3 is 26.0 Å². The molecule has 2 atom stereocenters. The minimum Gasteiger partial charge on any atom is -0.481 e. The number of benzene rings is 2. The molecule has 3 rings (SSSR count). The van der Waals surface area contributed by atoms with Crippen molar-refractivity contribution in [3.05, 3.63) is 63.6 Å². The second-order valence-electron chi connectivity index (χ2n) is 9.11. The number of hydrogen-bond acceptors (Lipinski definition) is 5. The lowest BCUT2D eigenvalue weighted by atomic mass is 10.0. The van der Waals surface area contributed by atoms with Crippen molar-refractivity contribution in [3.8, 4) is 0 Å². The number of halogens is 2. The zero-order valence-electron chi connectivity index (χ0n) is 20.3. The van der Waals surface area contributed by atoms with E-state index < -0.39 is 17.9 Å². The molecule has 0 radical (unpaired) electrons. The molecule has 1 fully saturated rings. The number of anilines is 1. The van der Waals surface area contributed by atoms with Crippen molar-refractivity contribution in [1.82, 2.24) is 9.80 Å². The van der Waals surface area contributed by atoms with Gasteiger partial charge in [-0.25, -0.2) is 0 Å². The number of likely N-dealkylation sites (N-methyl/N-ethyl adjacent to an activating group) is 1. The number of carboxylic acid groups (broad SMARTS) is 1. The second-order valence-corrected chi connectivity index (χ2v) is 9.92. The summed E-state index contributed by atoms with van der Waals surface area (Å²) in [5.74, 6) is -1.52. The van der Waals surface area contributed by atoms with Crippen molar-refractivity contribution in [2.45, 2.75) is 44.2 Å². The van der Waals surface area contributed by atoms with Gasteiger partial charge in [0.05, 0.1) is 28.5 Å². The van der Waals surface area contributed by atoms with Gasteiger partial charge in [-0.05, 0) is 67.7 Å². The first kappa shape index (κ1) is 27.9. The molecule has 10 heteroatoms. The van der Waals surface area contributed by atoms with Gasteiger partial charge in [0.15, 0.2) is 0 Å². The number of carbonyl (C=O) groups is 3. The van der Waals surface area contributed by atoms with Crippen LogP contribution in [0.15, 0.2) is 42.5 Å². The predicted molar refractivity (Wildman–Crippen MR) is 141 cm³/mol. The molecule has 1 heterocycles. The highest BCUT2D eigenvalue weighted by Gasteiger charge is 2.26. The summed E-state index contributed by atoms with van der Waals surface area (Å²) >= 11 is 12.1. The highest BCUT2D eigenvalue weighted by atomic mass is 35.5. The summed E-state index contributed by atoms with van der Waals surface area (Å²) in [6, 6.07) is 11.3. The second kappa shape index (κ2) is 13.1. The Labute approximate surface area is 221 Å². The Balaban J connectivity index is 1.77. The SMILES string of the molecule is CN(C(=O)Cc1ccc(Cl)c(Cl)c1)C(CN1CCCC1)c1cccc(NC(=O)C(N)CCC(=O)O)c1. The van der Waals surface area contributed by atoms with Crippen LogP contribution in [0, 0.1) is 0 Å². The molecule has 2 aromatic rings. The van der Waals surface area contributed by atoms with E-state index >= 15 is 0 Å². The number of aliphatic carboxylic acids is 1. The molecular weight excluding hydrogens is 503 g/mol. The summed E-state index contributed by atoms with van der Waals surface area (Å²) < 4.78 is 0. The Morgan fingerprint density at radius 2 is 1.83 bits per heavy atom. The van der Waals surface area contributed by atoms with E-state index in [2.05, 4.69) is 10.2 Å². The van der Waals surface area contributed by atoms with Crippen LogP contribution in [0.3, 0.4) is 0 Å². The maximum absolute atomic E-state index is 13.3. The van der Waals surface area contributed by atoms with Crippen LogP contribution in [0.25, 0.3) is 0 Å². The monoisotopic (exact) mass is 534 g/mol. The van der Waals surface area contributed by atoms with Crippen LogP contribution in [0.4, 0.5) is 5.69 Å². The predicted octanol–water partition coefficient (Wildman–Crippen LogP) is 3.96. The summed E-state index contributed by atoms with van der Waals surface area (Å²) in [6.07, 6.45) is 2.29. The Hall–Kier alpha value is -2.65. The Morgan fingerprint density at radius 3 is 2.50 bits per heavy atom. The summed E-state index contributed by atoms with van der Waals surface area (Å²) in [5, 5.41) is 12.4. The molecule has 1 aliphatic heterocycles. The first-order valence-corrected chi connectivity index (χ1v) is 12.7. The third kappa shape index (κ3) is 7.93. The lowest BCUT2D eigenvalue weighted by Crippen LogP contribution is -2.39. The molecule has 0 bridgehead atoms. The van der Waals surface area contributed by atoms with Gasteiger partial charge in [-0.1, -0.05) is 41.4 Å². The molecule has 8 nitrogen and oxygen atoms in total. The van der Waals surface area contributed by atoms with Crippen molar-refractivity contribution in [2.75, 3.05) is 32.0 Å². The number of amides is 2. The van der Waals surface area contributed by atoms with Gasteiger partial charge in [0, 0.05) is 25.7 Å². The zero-order valence-corrected chi connectivity index (χ0v) is 21.8. The zero-order chi connectivity index (χ0) is 26.2. The van der Waals surface area contributed by atoms with Crippen LogP contribution < -0.4 is 11.1 Å². The highest BCUT2D eigenvalue weighted by Crippen LogP contribution is 2.27. The molecule has 194 valence electrons. The normalized spacial score (nSPS) is 15.3. The molecule has 2 amide bonds. The van der Waals surface area contributed by atoms with Gasteiger partial charge in [-0.15, -0.1) is 0 Å². The van der Waals surface area contributed by atoms with Gasteiger partial charge >= 0.3 is 5.97 Å². The van der Waals surface area contributed by atoms with E-state index in [0.717, 1.165) is 37.1 Å². The van der Waals surface area contributed by atoms with Gasteiger partial charge in [0.1, 0.15) is 0 Å². The third-order valence-corrected chi connectivity index (χ3v) is 7.11. The van der Waals surface area contributed by atoms with Gasteiger partial charge in [-0.3, -0.25) is 14.4 Å². The molecule has 0 aromatic heterocycles. The van der Waals surface area contributed by atoms with Crippen molar-refractivity contribution < 1.29 is 19.5 Å². The van der Waals surface area contributed by atoms with E-state index in [4.69, 9.17) is 34.0 Å². The number of hydrogen-bond donors (Lipinski definition) is 3. The lowest BCUT2D eigenvalue weighted by Gasteiger charge is -2.32. The molecule has 2 aromatic carbocycles. The van der Waals surface area contributed by atoms with Crippen LogP contribution in [-0.2, 0) is 20.8 Å². The minimum atomic E-state index is -1.00. The summed E-state index contributed by atoms with van der Waals surface area (Å²) in [6.45, 7) is 2.61. The summed E-state index contributed by atoms with van der Waals surface area (Å²) in [7, 11) is 1.79. The largest absolute Gasteiger partial charge is 0.481 e. The van der Waals surface area contributed by atoms with Gasteiger partial charge in [-0.2, -0.15) is 0 Å². The lowest BCUT2D eigenvalue weighted by molar-refractivity contribution is -0.137. The van der Waals surface area contributed by atoms with E-state index in [9.17, 15) is 14.4 Å². The Kier molecular flexibility index (Phi) is 10.1. The molecule has 1 saturated heterocycles. The molecule has 0 spiro atoms.